The van der Waals surface area contributed by atoms with Crippen LogP contribution in [0.3, 0.4) is 0 Å². The zero-order valence-electron chi connectivity index (χ0n) is 16.4. The summed E-state index contributed by atoms with van der Waals surface area (Å²) >= 11 is 2.74. The Bertz CT molecular complexity index is 1020. The Kier molecular flexibility index (Phi) is 6.60. The minimum Gasteiger partial charge on any atom is -0.449 e. The van der Waals surface area contributed by atoms with Gasteiger partial charge in [0.15, 0.2) is 11.3 Å². The van der Waals surface area contributed by atoms with Gasteiger partial charge in [-0.05, 0) is 50.8 Å². The highest BCUT2D eigenvalue weighted by molar-refractivity contribution is 7.98. The molecule has 1 unspecified atom stereocenters. The van der Waals surface area contributed by atoms with E-state index in [9.17, 15) is 9.59 Å². The van der Waals surface area contributed by atoms with Crippen molar-refractivity contribution in [3.8, 4) is 5.69 Å². The van der Waals surface area contributed by atoms with Crippen molar-refractivity contribution < 1.29 is 14.3 Å². The molecule has 0 saturated carbocycles. The number of rotatable bonds is 7. The molecule has 0 spiro atoms. The summed E-state index contributed by atoms with van der Waals surface area (Å²) in [6.45, 7) is 5.42. The van der Waals surface area contributed by atoms with Crippen molar-refractivity contribution in [2.75, 3.05) is 11.6 Å². The Morgan fingerprint density at radius 2 is 1.90 bits per heavy atom. The number of aromatic nitrogens is 5. The zero-order valence-corrected chi connectivity index (χ0v) is 18.0. The predicted molar refractivity (Wildman–Crippen MR) is 111 cm³/mol. The van der Waals surface area contributed by atoms with Crippen LogP contribution >= 0.6 is 23.1 Å². The van der Waals surface area contributed by atoms with Crippen LogP contribution in [0.1, 0.15) is 34.5 Å². The molecule has 11 heteroatoms. The summed E-state index contributed by atoms with van der Waals surface area (Å²) in [7, 11) is 0. The van der Waals surface area contributed by atoms with Crippen molar-refractivity contribution >= 4 is 40.1 Å². The van der Waals surface area contributed by atoms with Crippen molar-refractivity contribution in [2.45, 2.75) is 38.5 Å². The average Bonchev–Trinajstić information content (AvgIpc) is 3.30. The van der Waals surface area contributed by atoms with Crippen LogP contribution in [0, 0.1) is 13.8 Å². The third-order valence-corrected chi connectivity index (χ3v) is 5.39. The Balaban J connectivity index is 1.69. The molecule has 152 valence electrons. The Hall–Kier alpha value is -2.79. The van der Waals surface area contributed by atoms with E-state index in [1.54, 1.807) is 38.1 Å². The van der Waals surface area contributed by atoms with Crippen LogP contribution in [0.15, 0.2) is 29.4 Å². The molecule has 0 bridgehead atoms. The van der Waals surface area contributed by atoms with Gasteiger partial charge < -0.3 is 4.74 Å². The number of hydrogen-bond acceptors (Lipinski definition) is 9. The first kappa shape index (κ1) is 20.9. The van der Waals surface area contributed by atoms with Gasteiger partial charge in [0, 0.05) is 5.69 Å². The second kappa shape index (κ2) is 9.14. The van der Waals surface area contributed by atoms with E-state index in [1.807, 2.05) is 17.7 Å². The summed E-state index contributed by atoms with van der Waals surface area (Å²) in [5.41, 5.74) is 1.19. The lowest BCUT2D eigenvalue weighted by atomic mass is 10.2. The van der Waals surface area contributed by atoms with Gasteiger partial charge >= 0.3 is 5.97 Å². The fourth-order valence-electron chi connectivity index (χ4n) is 2.57. The lowest BCUT2D eigenvalue weighted by molar-refractivity contribution is -0.124. The molecule has 3 rings (SSSR count). The van der Waals surface area contributed by atoms with Gasteiger partial charge in [-0.15, -0.1) is 20.4 Å². The van der Waals surface area contributed by atoms with Gasteiger partial charge in [0.25, 0.3) is 5.91 Å². The Morgan fingerprint density at radius 1 is 1.17 bits per heavy atom. The van der Waals surface area contributed by atoms with Crippen LogP contribution in [0.25, 0.3) is 5.69 Å². The van der Waals surface area contributed by atoms with Crippen molar-refractivity contribution in [1.29, 1.82) is 0 Å². The van der Waals surface area contributed by atoms with Crippen LogP contribution < -0.4 is 5.32 Å². The van der Waals surface area contributed by atoms with E-state index in [4.69, 9.17) is 4.74 Å². The maximum Gasteiger partial charge on any atom is 0.338 e. The van der Waals surface area contributed by atoms with Gasteiger partial charge in [-0.2, -0.15) is 0 Å². The molecule has 3 aromatic rings. The topological polar surface area (TPSA) is 112 Å². The summed E-state index contributed by atoms with van der Waals surface area (Å²) in [5.74, 6) is -0.254. The van der Waals surface area contributed by atoms with E-state index in [0.29, 0.717) is 17.1 Å². The molecule has 29 heavy (non-hydrogen) atoms. The number of nitrogens with zero attached hydrogens (tertiary/aromatic N) is 5. The fourth-order valence-corrected chi connectivity index (χ4v) is 3.71. The molecule has 2 heterocycles. The molecular formula is C18H20N6O3S2. The summed E-state index contributed by atoms with van der Waals surface area (Å²) < 4.78 is 7.29. The number of nitrogens with one attached hydrogen (secondary N) is 1. The summed E-state index contributed by atoms with van der Waals surface area (Å²) in [6.07, 6.45) is 1.34. The second-order valence-electron chi connectivity index (χ2n) is 6.03. The number of carbonyl (C=O) groups is 2. The number of aryl methyl sites for hydroxylation is 2. The molecule has 0 saturated heterocycles. The van der Waals surface area contributed by atoms with Gasteiger partial charge in [-0.25, -0.2) is 4.79 Å². The fraction of sp³-hybridized carbons (Fsp3) is 0.333. The summed E-state index contributed by atoms with van der Waals surface area (Å²) in [4.78, 5) is 24.9. The van der Waals surface area contributed by atoms with E-state index in [0.717, 1.165) is 21.7 Å². The highest BCUT2D eigenvalue weighted by Gasteiger charge is 2.23. The minimum absolute atomic E-state index is 0.338. The van der Waals surface area contributed by atoms with Crippen molar-refractivity contribution in [3.05, 3.63) is 40.7 Å². The highest BCUT2D eigenvalue weighted by atomic mass is 32.2. The molecule has 9 nitrogen and oxygen atoms in total. The SMILES string of the molecule is CCC(OC(=O)c1ccc(-n2c(C)nnc2SC)cc1)C(=O)Nc1nnc(C)s1. The number of amides is 1. The molecule has 2 aromatic heterocycles. The normalized spacial score (nSPS) is 11.9. The lowest BCUT2D eigenvalue weighted by Crippen LogP contribution is -2.32. The standard InChI is InChI=1S/C18H20N6O3S2/c1-5-14(15(25)19-17-22-21-11(3)29-17)27-16(26)12-6-8-13(9-7-12)24-10(2)20-23-18(24)28-4/h6-9,14H,5H2,1-4H3,(H,19,22,25). The molecule has 0 aliphatic heterocycles. The molecule has 1 atom stereocenters. The van der Waals surface area contributed by atoms with Gasteiger partial charge in [0.05, 0.1) is 5.56 Å². The molecular weight excluding hydrogens is 412 g/mol. The zero-order chi connectivity index (χ0) is 21.0. The summed E-state index contributed by atoms with van der Waals surface area (Å²) in [5, 5.41) is 20.4. The minimum atomic E-state index is -0.922. The van der Waals surface area contributed by atoms with Crippen LogP contribution in [0.4, 0.5) is 5.13 Å². The van der Waals surface area contributed by atoms with Crippen LogP contribution in [-0.4, -0.2) is 49.2 Å². The third kappa shape index (κ3) is 4.80. The largest absolute Gasteiger partial charge is 0.449 e. The highest BCUT2D eigenvalue weighted by Crippen LogP contribution is 2.21. The van der Waals surface area contributed by atoms with Crippen LogP contribution in [-0.2, 0) is 9.53 Å². The van der Waals surface area contributed by atoms with Crippen LogP contribution in [0.2, 0.25) is 0 Å². The first-order valence-corrected chi connectivity index (χ1v) is 10.9. The molecule has 0 radical (unpaired) electrons. The van der Waals surface area contributed by atoms with Gasteiger partial charge in [0.1, 0.15) is 10.8 Å². The third-order valence-electron chi connectivity index (χ3n) is 4.01. The van der Waals surface area contributed by atoms with Gasteiger partial charge in [-0.3, -0.25) is 14.7 Å². The van der Waals surface area contributed by atoms with Crippen molar-refractivity contribution in [2.24, 2.45) is 0 Å². The monoisotopic (exact) mass is 432 g/mol. The van der Waals surface area contributed by atoms with E-state index < -0.39 is 18.0 Å². The molecule has 0 fully saturated rings. The van der Waals surface area contributed by atoms with Crippen LogP contribution in [0.5, 0.6) is 0 Å². The van der Waals surface area contributed by atoms with E-state index in [2.05, 4.69) is 25.7 Å². The first-order valence-electron chi connectivity index (χ1n) is 8.81. The molecule has 1 aromatic carbocycles. The van der Waals surface area contributed by atoms with Crippen molar-refractivity contribution in [1.82, 2.24) is 25.0 Å². The smallest absolute Gasteiger partial charge is 0.338 e. The van der Waals surface area contributed by atoms with E-state index in [1.165, 1.54) is 23.1 Å². The molecule has 0 aliphatic carbocycles. The second-order valence-corrected chi connectivity index (χ2v) is 7.99. The number of hydrogen-bond donors (Lipinski definition) is 1. The number of esters is 1. The van der Waals surface area contributed by atoms with Gasteiger partial charge in [0.2, 0.25) is 5.13 Å². The van der Waals surface area contributed by atoms with E-state index in [-0.39, 0.29) is 0 Å². The predicted octanol–water partition coefficient (Wildman–Crippen LogP) is 3.03. The average molecular weight is 433 g/mol. The number of benzene rings is 1. The number of thioether (sulfide) groups is 1. The first-order chi connectivity index (χ1) is 13.9. The number of anilines is 1. The van der Waals surface area contributed by atoms with Gasteiger partial charge in [-0.1, -0.05) is 30.0 Å². The summed E-state index contributed by atoms with van der Waals surface area (Å²) in [6, 6.07) is 6.88. The quantitative estimate of drug-likeness (QED) is 0.448. The Labute approximate surface area is 175 Å². The van der Waals surface area contributed by atoms with E-state index >= 15 is 0 Å². The lowest BCUT2D eigenvalue weighted by Gasteiger charge is -2.15. The molecule has 1 N–H and O–H groups in total. The Morgan fingerprint density at radius 3 is 2.48 bits per heavy atom. The maximum absolute atomic E-state index is 12.5. The molecule has 0 aliphatic rings. The number of carbonyl (C=O) groups excluding carboxylic acids is 2. The van der Waals surface area contributed by atoms with Crippen molar-refractivity contribution in [3.63, 3.8) is 0 Å². The molecule has 1 amide bonds. The maximum atomic E-state index is 12.5. The number of ether oxygens (including phenoxy) is 1.